The van der Waals surface area contributed by atoms with E-state index in [9.17, 15) is 19.1 Å². The summed E-state index contributed by atoms with van der Waals surface area (Å²) in [4.78, 5) is 24.7. The van der Waals surface area contributed by atoms with Crippen molar-refractivity contribution in [1.29, 1.82) is 0 Å². The van der Waals surface area contributed by atoms with E-state index in [0.29, 0.717) is 0 Å². The molecule has 0 bridgehead atoms. The van der Waals surface area contributed by atoms with Crippen molar-refractivity contribution in [1.82, 2.24) is 4.90 Å². The van der Waals surface area contributed by atoms with E-state index in [1.807, 2.05) is 0 Å². The summed E-state index contributed by atoms with van der Waals surface area (Å²) in [6.45, 7) is 4.96. The van der Waals surface area contributed by atoms with Gasteiger partial charge in [0.2, 0.25) is 5.91 Å². The van der Waals surface area contributed by atoms with E-state index in [4.69, 9.17) is 0 Å². The van der Waals surface area contributed by atoms with Crippen LogP contribution < -0.4 is 0 Å². The first kappa shape index (κ1) is 14.8. The largest absolute Gasteiger partial charge is 0.480 e. The monoisotopic (exact) mass is 297 g/mol. The second-order valence-electron chi connectivity index (χ2n) is 5.29. The summed E-state index contributed by atoms with van der Waals surface area (Å²) in [5, 5.41) is 9.00. The maximum absolute atomic E-state index is 13.0. The Bertz CT molecular complexity index is 544. The first-order valence-corrected chi connectivity index (χ1v) is 7.07. The van der Waals surface area contributed by atoms with Crippen LogP contribution >= 0.6 is 11.8 Å². The Morgan fingerprint density at radius 1 is 1.30 bits per heavy atom. The summed E-state index contributed by atoms with van der Waals surface area (Å²) < 4.78 is 12.4. The summed E-state index contributed by atoms with van der Waals surface area (Å²) >= 11 is 1.40. The Morgan fingerprint density at radius 2 is 1.85 bits per heavy atom. The van der Waals surface area contributed by atoms with E-state index in [1.165, 1.54) is 35.7 Å². The van der Waals surface area contributed by atoms with Crippen molar-refractivity contribution in [2.45, 2.75) is 36.9 Å². The van der Waals surface area contributed by atoms with Crippen molar-refractivity contribution in [2.75, 3.05) is 0 Å². The molecule has 1 N–H and O–H groups in total. The molecular formula is C14H16FNO3S. The van der Waals surface area contributed by atoms with Gasteiger partial charge in [0.05, 0.1) is 0 Å². The number of hydrogen-bond donors (Lipinski definition) is 1. The van der Waals surface area contributed by atoms with Gasteiger partial charge in [-0.25, -0.2) is 9.18 Å². The van der Waals surface area contributed by atoms with Gasteiger partial charge in [0.1, 0.15) is 17.2 Å². The molecule has 1 unspecified atom stereocenters. The molecule has 2 atom stereocenters. The lowest BCUT2D eigenvalue weighted by Crippen LogP contribution is -2.48. The smallest absolute Gasteiger partial charge is 0.327 e. The fraction of sp³-hybridized carbons (Fsp3) is 0.429. The first-order chi connectivity index (χ1) is 9.24. The molecule has 108 valence electrons. The number of carboxylic acids is 1. The Hall–Kier alpha value is -1.56. The molecule has 0 saturated carbocycles. The number of rotatable bonds is 2. The molecule has 1 amide bonds. The molecule has 20 heavy (non-hydrogen) atoms. The van der Waals surface area contributed by atoms with Crippen molar-refractivity contribution in [3.8, 4) is 0 Å². The van der Waals surface area contributed by atoms with E-state index >= 15 is 0 Å². The second kappa shape index (κ2) is 5.09. The number of carbonyl (C=O) groups is 2. The van der Waals surface area contributed by atoms with E-state index < -0.39 is 22.1 Å². The van der Waals surface area contributed by atoms with Crippen LogP contribution in [-0.4, -0.2) is 32.7 Å². The predicted molar refractivity (Wildman–Crippen MR) is 74.8 cm³/mol. The highest BCUT2D eigenvalue weighted by Crippen LogP contribution is 2.52. The van der Waals surface area contributed by atoms with Crippen LogP contribution in [0.15, 0.2) is 24.3 Å². The Morgan fingerprint density at radius 3 is 2.30 bits per heavy atom. The molecule has 1 aliphatic rings. The zero-order chi connectivity index (χ0) is 15.1. The maximum atomic E-state index is 13.0. The number of aliphatic carboxylic acids is 1. The standard InChI is InChI=1S/C14H16FNO3S/c1-8(17)16-11(13(18)19)14(2,3)20-12(16)9-4-6-10(15)7-5-9/h4-7,11-12H,1-3H3,(H,18,19)/t11?,12-/m1/s1. The van der Waals surface area contributed by atoms with Crippen molar-refractivity contribution < 1.29 is 19.1 Å². The molecule has 1 heterocycles. The van der Waals surface area contributed by atoms with Crippen molar-refractivity contribution in [3.05, 3.63) is 35.6 Å². The van der Waals surface area contributed by atoms with E-state index in [0.717, 1.165) is 5.56 Å². The van der Waals surface area contributed by atoms with Crippen LogP contribution in [0.25, 0.3) is 0 Å². The fourth-order valence-electron chi connectivity index (χ4n) is 2.50. The van der Waals surface area contributed by atoms with Crippen LogP contribution in [-0.2, 0) is 9.59 Å². The molecule has 0 aliphatic carbocycles. The van der Waals surface area contributed by atoms with Crippen molar-refractivity contribution in [3.63, 3.8) is 0 Å². The van der Waals surface area contributed by atoms with Crippen LogP contribution in [0.4, 0.5) is 4.39 Å². The summed E-state index contributed by atoms with van der Waals surface area (Å²) in [5.74, 6) is -1.69. The van der Waals surface area contributed by atoms with Gasteiger partial charge in [0.25, 0.3) is 0 Å². The zero-order valence-corrected chi connectivity index (χ0v) is 12.3. The number of thioether (sulfide) groups is 1. The molecule has 4 nitrogen and oxygen atoms in total. The average molecular weight is 297 g/mol. The highest BCUT2D eigenvalue weighted by Gasteiger charge is 2.52. The minimum Gasteiger partial charge on any atom is -0.480 e. The third-order valence-electron chi connectivity index (χ3n) is 3.36. The van der Waals surface area contributed by atoms with E-state index in [2.05, 4.69) is 0 Å². The average Bonchev–Trinajstić information content (AvgIpc) is 2.62. The number of benzene rings is 1. The van der Waals surface area contributed by atoms with Crippen molar-refractivity contribution in [2.24, 2.45) is 0 Å². The molecular weight excluding hydrogens is 281 g/mol. The predicted octanol–water partition coefficient (Wildman–Crippen LogP) is 2.65. The van der Waals surface area contributed by atoms with Crippen LogP contribution in [0.2, 0.25) is 0 Å². The molecule has 0 radical (unpaired) electrons. The minimum absolute atomic E-state index is 0.301. The lowest BCUT2D eigenvalue weighted by Gasteiger charge is -2.28. The molecule has 2 rings (SSSR count). The van der Waals surface area contributed by atoms with Gasteiger partial charge in [0, 0.05) is 11.7 Å². The summed E-state index contributed by atoms with van der Waals surface area (Å²) in [5.41, 5.74) is 0.725. The molecule has 1 fully saturated rings. The number of carbonyl (C=O) groups excluding carboxylic acids is 1. The molecule has 1 aromatic carbocycles. The van der Waals surface area contributed by atoms with E-state index in [1.54, 1.807) is 26.0 Å². The third-order valence-corrected chi connectivity index (χ3v) is 4.91. The maximum Gasteiger partial charge on any atom is 0.327 e. The van der Waals surface area contributed by atoms with Crippen molar-refractivity contribution >= 4 is 23.6 Å². The fourth-order valence-corrected chi connectivity index (χ4v) is 4.09. The zero-order valence-electron chi connectivity index (χ0n) is 11.5. The molecule has 1 saturated heterocycles. The van der Waals surface area contributed by atoms with Gasteiger partial charge in [0.15, 0.2) is 0 Å². The Labute approximate surface area is 121 Å². The second-order valence-corrected chi connectivity index (χ2v) is 7.03. The van der Waals surface area contributed by atoms with Gasteiger partial charge in [-0.15, -0.1) is 11.8 Å². The molecule has 1 aromatic rings. The van der Waals surface area contributed by atoms with E-state index in [-0.39, 0.29) is 11.7 Å². The summed E-state index contributed by atoms with van der Waals surface area (Å²) in [6.07, 6.45) is 0. The van der Waals surface area contributed by atoms with Crippen LogP contribution in [0.5, 0.6) is 0 Å². The number of halogens is 1. The van der Waals surface area contributed by atoms with Gasteiger partial charge in [-0.1, -0.05) is 12.1 Å². The molecule has 0 aromatic heterocycles. The molecule has 0 spiro atoms. The Kier molecular flexibility index (Phi) is 3.77. The Balaban J connectivity index is 2.45. The minimum atomic E-state index is -1.03. The van der Waals surface area contributed by atoms with Crippen LogP contribution in [0.1, 0.15) is 31.7 Å². The normalized spacial score (nSPS) is 24.7. The highest BCUT2D eigenvalue weighted by atomic mass is 32.2. The van der Waals surface area contributed by atoms with Gasteiger partial charge in [-0.2, -0.15) is 0 Å². The van der Waals surface area contributed by atoms with Gasteiger partial charge in [-0.05, 0) is 31.5 Å². The topological polar surface area (TPSA) is 57.6 Å². The lowest BCUT2D eigenvalue weighted by molar-refractivity contribution is -0.150. The quantitative estimate of drug-likeness (QED) is 0.911. The summed E-state index contributed by atoms with van der Waals surface area (Å²) in [7, 11) is 0. The van der Waals surface area contributed by atoms with Crippen LogP contribution in [0.3, 0.4) is 0 Å². The number of nitrogens with zero attached hydrogens (tertiary/aromatic N) is 1. The highest BCUT2D eigenvalue weighted by molar-refractivity contribution is 8.01. The number of hydrogen-bond acceptors (Lipinski definition) is 3. The van der Waals surface area contributed by atoms with Crippen LogP contribution in [0, 0.1) is 5.82 Å². The number of carboxylic acid groups (broad SMARTS) is 1. The SMILES string of the molecule is CC(=O)N1C(C(=O)O)C(C)(C)S[C@@H]1c1ccc(F)cc1. The third kappa shape index (κ3) is 2.52. The molecule has 6 heteroatoms. The summed E-state index contributed by atoms with van der Waals surface area (Å²) in [6, 6.07) is 4.90. The number of amides is 1. The lowest BCUT2D eigenvalue weighted by atomic mass is 10.0. The molecule has 1 aliphatic heterocycles. The first-order valence-electron chi connectivity index (χ1n) is 6.19. The van der Waals surface area contributed by atoms with Gasteiger partial charge >= 0.3 is 5.97 Å². The van der Waals surface area contributed by atoms with Gasteiger partial charge in [-0.3, -0.25) is 4.79 Å². The van der Waals surface area contributed by atoms with Gasteiger partial charge < -0.3 is 10.0 Å².